The third-order valence-corrected chi connectivity index (χ3v) is 2.83. The molecule has 0 amide bonds. The monoisotopic (exact) mass is 229 g/mol. The summed E-state index contributed by atoms with van der Waals surface area (Å²) in [7, 11) is 0. The lowest BCUT2D eigenvalue weighted by atomic mass is 10.0. The third-order valence-electron chi connectivity index (χ3n) is 2.83. The van der Waals surface area contributed by atoms with Crippen molar-refractivity contribution in [2.75, 3.05) is 11.9 Å². The van der Waals surface area contributed by atoms with Crippen LogP contribution in [0.3, 0.4) is 0 Å². The first-order valence-corrected chi connectivity index (χ1v) is 5.80. The molecule has 0 bridgehead atoms. The Hall–Kier alpha value is -1.83. The summed E-state index contributed by atoms with van der Waals surface area (Å²) >= 11 is 0. The van der Waals surface area contributed by atoms with Crippen LogP contribution in [0.25, 0.3) is 0 Å². The fraction of sp³-hybridized carbons (Fsp3) is 0.200. The molecule has 0 aliphatic carbocycles. The van der Waals surface area contributed by atoms with Gasteiger partial charge < -0.3 is 5.32 Å². The minimum atomic E-state index is -0.202. The normalized spacial score (nSPS) is 12.1. The maximum Gasteiger partial charge on any atom is 0.123 e. The topological polar surface area (TPSA) is 12.0 Å². The summed E-state index contributed by atoms with van der Waals surface area (Å²) in [6.07, 6.45) is 0. The highest BCUT2D eigenvalue weighted by atomic mass is 19.1. The summed E-state index contributed by atoms with van der Waals surface area (Å²) < 4.78 is 12.7. The van der Waals surface area contributed by atoms with Crippen LogP contribution in [0.2, 0.25) is 0 Å². The molecule has 17 heavy (non-hydrogen) atoms. The Bertz CT molecular complexity index is 450. The predicted octanol–water partition coefficient (Wildman–Crippen LogP) is 4.04. The fourth-order valence-electron chi connectivity index (χ4n) is 1.74. The quantitative estimate of drug-likeness (QED) is 0.834. The standard InChI is InChI=1S/C15H16FN/c1-12(13-5-3-2-4-6-13)11-17-15-9-7-14(16)8-10-15/h2-10,12,17H,11H2,1H3. The lowest BCUT2D eigenvalue weighted by molar-refractivity contribution is 0.628. The van der Waals surface area contributed by atoms with Gasteiger partial charge in [0.25, 0.3) is 0 Å². The Morgan fingerprint density at radius 1 is 1.00 bits per heavy atom. The first-order valence-electron chi connectivity index (χ1n) is 5.80. The van der Waals surface area contributed by atoms with Crippen LogP contribution in [-0.2, 0) is 0 Å². The molecule has 0 heterocycles. The highest BCUT2D eigenvalue weighted by Gasteiger charge is 2.04. The number of benzene rings is 2. The lowest BCUT2D eigenvalue weighted by Crippen LogP contribution is -2.09. The summed E-state index contributed by atoms with van der Waals surface area (Å²) in [5, 5.41) is 3.30. The Morgan fingerprint density at radius 3 is 2.29 bits per heavy atom. The number of anilines is 1. The van der Waals surface area contributed by atoms with Gasteiger partial charge in [-0.05, 0) is 35.7 Å². The Morgan fingerprint density at radius 2 is 1.65 bits per heavy atom. The second-order valence-electron chi connectivity index (χ2n) is 4.20. The molecule has 1 atom stereocenters. The summed E-state index contributed by atoms with van der Waals surface area (Å²) in [5.41, 5.74) is 2.26. The molecule has 0 saturated heterocycles. The van der Waals surface area contributed by atoms with E-state index >= 15 is 0 Å². The lowest BCUT2D eigenvalue weighted by Gasteiger charge is -2.13. The van der Waals surface area contributed by atoms with E-state index in [0.717, 1.165) is 12.2 Å². The van der Waals surface area contributed by atoms with Gasteiger partial charge in [-0.2, -0.15) is 0 Å². The number of rotatable bonds is 4. The molecule has 0 fully saturated rings. The average molecular weight is 229 g/mol. The molecule has 88 valence electrons. The zero-order chi connectivity index (χ0) is 12.1. The van der Waals surface area contributed by atoms with Crippen LogP contribution < -0.4 is 5.32 Å². The van der Waals surface area contributed by atoms with Crippen LogP contribution in [0.5, 0.6) is 0 Å². The molecule has 2 aromatic rings. The van der Waals surface area contributed by atoms with E-state index in [0.29, 0.717) is 5.92 Å². The zero-order valence-corrected chi connectivity index (χ0v) is 9.86. The molecule has 1 unspecified atom stereocenters. The molecule has 2 heteroatoms. The van der Waals surface area contributed by atoms with Crippen molar-refractivity contribution in [2.24, 2.45) is 0 Å². The first kappa shape index (κ1) is 11.6. The van der Waals surface area contributed by atoms with E-state index in [1.54, 1.807) is 12.1 Å². The van der Waals surface area contributed by atoms with Gasteiger partial charge in [0.15, 0.2) is 0 Å². The van der Waals surface area contributed by atoms with Crippen LogP contribution in [0.15, 0.2) is 54.6 Å². The molecular weight excluding hydrogens is 213 g/mol. The van der Waals surface area contributed by atoms with Gasteiger partial charge in [-0.15, -0.1) is 0 Å². The summed E-state index contributed by atoms with van der Waals surface area (Å²) in [6.45, 7) is 3.02. The molecule has 0 radical (unpaired) electrons. The van der Waals surface area contributed by atoms with Gasteiger partial charge in [-0.3, -0.25) is 0 Å². The van der Waals surface area contributed by atoms with E-state index in [4.69, 9.17) is 0 Å². The highest BCUT2D eigenvalue weighted by molar-refractivity contribution is 5.43. The molecule has 1 N–H and O–H groups in total. The smallest absolute Gasteiger partial charge is 0.123 e. The molecule has 1 nitrogen and oxygen atoms in total. The van der Waals surface area contributed by atoms with Crippen molar-refractivity contribution in [3.05, 3.63) is 66.0 Å². The Balaban J connectivity index is 1.92. The van der Waals surface area contributed by atoms with E-state index in [1.165, 1.54) is 17.7 Å². The molecular formula is C15H16FN. The van der Waals surface area contributed by atoms with Gasteiger partial charge in [0.1, 0.15) is 5.82 Å². The van der Waals surface area contributed by atoms with Crippen molar-refractivity contribution < 1.29 is 4.39 Å². The van der Waals surface area contributed by atoms with E-state index in [1.807, 2.05) is 18.2 Å². The predicted molar refractivity (Wildman–Crippen MR) is 69.7 cm³/mol. The van der Waals surface area contributed by atoms with Crippen LogP contribution in [0, 0.1) is 5.82 Å². The van der Waals surface area contributed by atoms with Crippen LogP contribution in [-0.4, -0.2) is 6.54 Å². The largest absolute Gasteiger partial charge is 0.384 e. The van der Waals surface area contributed by atoms with E-state index in [-0.39, 0.29) is 5.82 Å². The van der Waals surface area contributed by atoms with Crippen molar-refractivity contribution in [3.63, 3.8) is 0 Å². The van der Waals surface area contributed by atoms with Crippen molar-refractivity contribution in [1.82, 2.24) is 0 Å². The minimum absolute atomic E-state index is 0.202. The van der Waals surface area contributed by atoms with Crippen molar-refractivity contribution in [3.8, 4) is 0 Å². The van der Waals surface area contributed by atoms with Crippen LogP contribution in [0.1, 0.15) is 18.4 Å². The van der Waals surface area contributed by atoms with Gasteiger partial charge in [-0.25, -0.2) is 4.39 Å². The minimum Gasteiger partial charge on any atom is -0.384 e. The second-order valence-corrected chi connectivity index (χ2v) is 4.20. The number of halogens is 1. The molecule has 0 aliphatic heterocycles. The van der Waals surface area contributed by atoms with Crippen molar-refractivity contribution in [2.45, 2.75) is 12.8 Å². The van der Waals surface area contributed by atoms with Gasteiger partial charge >= 0.3 is 0 Å². The molecule has 2 rings (SSSR count). The van der Waals surface area contributed by atoms with Crippen molar-refractivity contribution >= 4 is 5.69 Å². The van der Waals surface area contributed by atoms with Crippen molar-refractivity contribution in [1.29, 1.82) is 0 Å². The van der Waals surface area contributed by atoms with Gasteiger partial charge in [-0.1, -0.05) is 37.3 Å². The first-order chi connectivity index (χ1) is 8.25. The highest BCUT2D eigenvalue weighted by Crippen LogP contribution is 2.16. The average Bonchev–Trinajstić information content (AvgIpc) is 2.39. The van der Waals surface area contributed by atoms with Crippen LogP contribution in [0.4, 0.5) is 10.1 Å². The Labute approximate surface area is 101 Å². The summed E-state index contributed by atoms with van der Waals surface area (Å²) in [6, 6.07) is 16.8. The zero-order valence-electron chi connectivity index (χ0n) is 9.86. The van der Waals surface area contributed by atoms with Crippen LogP contribution >= 0.6 is 0 Å². The van der Waals surface area contributed by atoms with E-state index in [2.05, 4.69) is 24.4 Å². The number of hydrogen-bond donors (Lipinski definition) is 1. The molecule has 2 aromatic carbocycles. The number of hydrogen-bond acceptors (Lipinski definition) is 1. The fourth-order valence-corrected chi connectivity index (χ4v) is 1.74. The SMILES string of the molecule is CC(CNc1ccc(F)cc1)c1ccccc1. The van der Waals surface area contributed by atoms with Gasteiger partial charge in [0, 0.05) is 12.2 Å². The second kappa shape index (κ2) is 5.48. The maximum absolute atomic E-state index is 12.7. The Kier molecular flexibility index (Phi) is 3.76. The molecule has 0 spiro atoms. The summed E-state index contributed by atoms with van der Waals surface area (Å²) in [4.78, 5) is 0. The maximum atomic E-state index is 12.7. The van der Waals surface area contributed by atoms with E-state index in [9.17, 15) is 4.39 Å². The van der Waals surface area contributed by atoms with Gasteiger partial charge in [0.05, 0.1) is 0 Å². The third kappa shape index (κ3) is 3.31. The summed E-state index contributed by atoms with van der Waals surface area (Å²) in [5.74, 6) is 0.230. The molecule has 0 saturated carbocycles. The molecule has 0 aromatic heterocycles. The number of nitrogens with one attached hydrogen (secondary N) is 1. The van der Waals surface area contributed by atoms with Gasteiger partial charge in [0.2, 0.25) is 0 Å². The van der Waals surface area contributed by atoms with E-state index < -0.39 is 0 Å². The molecule has 0 aliphatic rings.